The molecule has 0 rings (SSSR count). The predicted octanol–water partition coefficient (Wildman–Crippen LogP) is 1.93. The molecule has 0 aromatic heterocycles. The Morgan fingerprint density at radius 2 is 1.15 bits per heavy atom. The van der Waals surface area contributed by atoms with E-state index < -0.39 is 13.1 Å². The van der Waals surface area contributed by atoms with Crippen LogP contribution in [0.2, 0.25) is 0 Å². The minimum absolute atomic E-state index is 1.37. The first kappa shape index (κ1) is 13.5. The maximum absolute atomic E-state index is 13.5. The van der Waals surface area contributed by atoms with Crippen molar-refractivity contribution < 1.29 is 4.39 Å². The van der Waals surface area contributed by atoms with E-state index in [1.165, 1.54) is 0 Å². The van der Waals surface area contributed by atoms with Crippen LogP contribution in [0.1, 0.15) is 0 Å². The number of nitrogens with zero attached hydrogens (tertiary/aromatic N) is 3. The zero-order chi connectivity index (χ0) is 10.8. The Labute approximate surface area is 85.9 Å². The molecule has 0 aliphatic rings. The summed E-state index contributed by atoms with van der Waals surface area (Å²) in [5, 5.41) is -1.37. The Balaban J connectivity index is 5.06. The smallest absolute Gasteiger partial charge is 0.181 e. The normalized spacial score (nSPS) is 15.9. The van der Waals surface area contributed by atoms with Crippen molar-refractivity contribution in [3.8, 4) is 0 Å². The van der Waals surface area contributed by atoms with E-state index in [1.807, 2.05) is 56.3 Å². The largest absolute Gasteiger partial charge is 0.327 e. The molecule has 1 atom stereocenters. The van der Waals surface area contributed by atoms with Gasteiger partial charge in [-0.2, -0.15) is 18.4 Å². The van der Waals surface area contributed by atoms with Gasteiger partial charge in [-0.3, -0.25) is 0 Å². The molecule has 0 spiro atoms. The first-order chi connectivity index (χ1) is 5.77. The van der Waals surface area contributed by atoms with Crippen LogP contribution in [0, 0.1) is 0 Å². The van der Waals surface area contributed by atoms with Gasteiger partial charge in [0.25, 0.3) is 7.71 Å². The summed E-state index contributed by atoms with van der Waals surface area (Å²) in [6, 6.07) is 0. The predicted molar refractivity (Wildman–Crippen MR) is 58.7 cm³/mol. The third-order valence-corrected chi connectivity index (χ3v) is 6.87. The molecule has 0 amide bonds. The third kappa shape index (κ3) is 2.31. The van der Waals surface area contributed by atoms with Crippen molar-refractivity contribution in [2.75, 3.05) is 42.3 Å². The number of hydrogen-bond donors (Lipinski definition) is 0. The zero-order valence-corrected chi connectivity index (χ0v) is 10.8. The average Bonchev–Trinajstić information content (AvgIpc) is 1.82. The van der Waals surface area contributed by atoms with Crippen LogP contribution < -0.4 is 0 Å². The molecule has 0 saturated heterocycles. The molecular weight excluding hydrogens is 212 g/mol. The zero-order valence-electron chi connectivity index (χ0n) is 9.12. The molecule has 1 unspecified atom stereocenters. The van der Waals surface area contributed by atoms with Crippen LogP contribution in [0.25, 0.3) is 0 Å². The highest BCUT2D eigenvalue weighted by Gasteiger charge is 2.55. The first-order valence-corrected chi connectivity index (χ1v) is 6.13. The van der Waals surface area contributed by atoms with Gasteiger partial charge in [0.05, 0.1) is 0 Å². The van der Waals surface area contributed by atoms with Gasteiger partial charge in [-0.1, -0.05) is 0 Å². The van der Waals surface area contributed by atoms with Crippen molar-refractivity contribution in [2.45, 2.75) is 5.37 Å². The Bertz CT molecular complexity index is 126. The summed E-state index contributed by atoms with van der Waals surface area (Å²) in [6.45, 7) is 0. The second-order valence-corrected chi connectivity index (χ2v) is 8.20. The van der Waals surface area contributed by atoms with Crippen molar-refractivity contribution in [3.05, 3.63) is 0 Å². The molecule has 3 nitrogen and oxygen atoms in total. The fourth-order valence-electron chi connectivity index (χ4n) is 1.60. The minimum Gasteiger partial charge on any atom is -0.181 e. The van der Waals surface area contributed by atoms with Crippen LogP contribution in [0.15, 0.2) is 0 Å². The van der Waals surface area contributed by atoms with E-state index >= 15 is 0 Å². The summed E-state index contributed by atoms with van der Waals surface area (Å²) in [5.41, 5.74) is 0. The highest BCUT2D eigenvalue weighted by Crippen LogP contribution is 2.68. The summed E-state index contributed by atoms with van der Waals surface area (Å²) < 4.78 is 19.1. The van der Waals surface area contributed by atoms with Gasteiger partial charge >= 0.3 is 5.37 Å². The van der Waals surface area contributed by atoms with E-state index in [-0.39, 0.29) is 0 Å². The molecule has 0 aliphatic carbocycles. The Morgan fingerprint density at radius 3 is 1.15 bits per heavy atom. The Kier molecular flexibility index (Phi) is 5.05. The van der Waals surface area contributed by atoms with Crippen molar-refractivity contribution in [2.24, 2.45) is 0 Å². The van der Waals surface area contributed by atoms with Crippen molar-refractivity contribution in [1.82, 2.24) is 14.0 Å². The lowest BCUT2D eigenvalue weighted by atomic mass is 11.2. The topological polar surface area (TPSA) is 9.72 Å². The molecule has 0 aliphatic heterocycles. The van der Waals surface area contributed by atoms with E-state index in [4.69, 9.17) is 11.6 Å². The summed E-state index contributed by atoms with van der Waals surface area (Å²) in [5.74, 6) is 0. The van der Waals surface area contributed by atoms with Crippen molar-refractivity contribution in [3.63, 3.8) is 0 Å². The number of hydrogen-bond acceptors (Lipinski definition) is 3. The second kappa shape index (κ2) is 4.85. The monoisotopic (exact) mass is 230 g/mol. The quantitative estimate of drug-likeness (QED) is 0.540. The van der Waals surface area contributed by atoms with Crippen LogP contribution in [0.3, 0.4) is 0 Å². The van der Waals surface area contributed by atoms with Crippen LogP contribution in [0.5, 0.6) is 0 Å². The highest BCUT2D eigenvalue weighted by molar-refractivity contribution is 7.70. The summed E-state index contributed by atoms with van der Waals surface area (Å²) in [6.07, 6.45) is 0. The number of halogens is 2. The van der Waals surface area contributed by atoms with Crippen LogP contribution in [0.4, 0.5) is 4.39 Å². The van der Waals surface area contributed by atoms with Crippen LogP contribution in [-0.4, -0.2) is 61.7 Å². The summed E-state index contributed by atoms with van der Waals surface area (Å²) in [7, 11) is 8.91. The highest BCUT2D eigenvalue weighted by atomic mass is 35.5. The molecular formula is C7H19ClFN3P+. The fraction of sp³-hybridized carbons (Fsp3) is 1.00. The van der Waals surface area contributed by atoms with Gasteiger partial charge in [-0.05, 0) is 11.6 Å². The lowest BCUT2D eigenvalue weighted by Crippen LogP contribution is -2.39. The van der Waals surface area contributed by atoms with E-state index in [1.54, 1.807) is 0 Å². The SMILES string of the molecule is CN(C)[P+](C(F)Cl)(N(C)C)N(C)C. The van der Waals surface area contributed by atoms with E-state index in [0.29, 0.717) is 0 Å². The van der Waals surface area contributed by atoms with Gasteiger partial charge < -0.3 is 0 Å². The van der Waals surface area contributed by atoms with Crippen molar-refractivity contribution >= 4 is 19.3 Å². The van der Waals surface area contributed by atoms with Crippen LogP contribution in [-0.2, 0) is 0 Å². The van der Waals surface area contributed by atoms with Gasteiger partial charge in [-0.25, -0.2) is 0 Å². The van der Waals surface area contributed by atoms with Crippen molar-refractivity contribution in [1.29, 1.82) is 0 Å². The maximum atomic E-state index is 13.5. The van der Waals surface area contributed by atoms with Gasteiger partial charge in [0.2, 0.25) is 0 Å². The summed E-state index contributed by atoms with van der Waals surface area (Å²) >= 11 is 5.64. The van der Waals surface area contributed by atoms with Crippen LogP contribution >= 0.6 is 19.3 Å². The fourth-order valence-corrected chi connectivity index (χ4v) is 6.36. The maximum Gasteiger partial charge on any atom is 0.327 e. The minimum atomic E-state index is -2.19. The molecule has 0 heterocycles. The number of alkyl halides is 2. The Hall–Kier alpha value is 0.530. The Morgan fingerprint density at radius 1 is 0.923 bits per heavy atom. The van der Waals surface area contributed by atoms with Gasteiger partial charge in [0.1, 0.15) is 0 Å². The second-order valence-electron chi connectivity index (χ2n) is 3.43. The average molecular weight is 231 g/mol. The molecule has 0 saturated carbocycles. The molecule has 0 aromatic rings. The lowest BCUT2D eigenvalue weighted by Gasteiger charge is -2.39. The van der Waals surface area contributed by atoms with E-state index in [2.05, 4.69) is 0 Å². The molecule has 6 heteroatoms. The van der Waals surface area contributed by atoms with Gasteiger partial charge in [0.15, 0.2) is 0 Å². The molecule has 0 bridgehead atoms. The molecule has 0 N–H and O–H groups in total. The number of rotatable bonds is 4. The van der Waals surface area contributed by atoms with E-state index in [0.717, 1.165) is 0 Å². The third-order valence-electron chi connectivity index (χ3n) is 2.03. The van der Waals surface area contributed by atoms with Gasteiger partial charge in [0, 0.05) is 42.3 Å². The summed E-state index contributed by atoms with van der Waals surface area (Å²) in [4.78, 5) is 0. The lowest BCUT2D eigenvalue weighted by molar-refractivity contribution is 0.404. The molecule has 0 aromatic carbocycles. The molecule has 13 heavy (non-hydrogen) atoms. The standard InChI is InChI=1S/C7H19ClFN3P/c1-10(2)13(7(8)9,11(3)4)12(5)6/h7H,1-6H3/q+1. The van der Waals surface area contributed by atoms with Gasteiger partial charge in [-0.15, -0.1) is 0 Å². The molecule has 0 radical (unpaired) electrons. The molecule has 0 fully saturated rings. The first-order valence-electron chi connectivity index (χ1n) is 3.98. The molecule has 80 valence electrons. The van der Waals surface area contributed by atoms with E-state index in [9.17, 15) is 4.39 Å².